The summed E-state index contributed by atoms with van der Waals surface area (Å²) >= 11 is 0. The smallest absolute Gasteiger partial charge is 0.337 e. The van der Waals surface area contributed by atoms with Crippen molar-refractivity contribution in [3.63, 3.8) is 0 Å². The van der Waals surface area contributed by atoms with Gasteiger partial charge in [-0.15, -0.1) is 0 Å². The molecular weight excluding hydrogens is 989 g/mol. The number of aliphatic hydroxyl groups is 11. The number of aliphatic hydroxyl groups excluding tert-OH is 10. The van der Waals surface area contributed by atoms with Crippen LogP contribution >= 0.6 is 0 Å². The van der Waals surface area contributed by atoms with Crippen LogP contribution in [0.1, 0.15) is 113 Å². The first-order valence-electron chi connectivity index (χ1n) is 26.9. The Morgan fingerprint density at radius 1 is 0.707 bits per heavy atom. The standard InChI is InChI=1S/C53H84O22/c1-23-31(57)37(72-45-40(63)52(66,21-54)22-69-45)36(62)43(70-23)74-39-32(58)26(55)20-68-44(39)75-46(65)53-17-16-47(2,3)18-25(53)24-10-11-28-49(6)14-13-30(71-42-35(61)33(59)34(60)38(73-42)41(64)67-9)48(4,5)27(49)12-15-50(28,7)51(24,8)19-29(53)56/h10,23,25-40,42-45,54-63,66H,11-22H2,1-9H3. The highest BCUT2D eigenvalue weighted by molar-refractivity contribution is 5.80. The Kier molecular flexibility index (Phi) is 15.5. The van der Waals surface area contributed by atoms with Crippen LogP contribution in [0.25, 0.3) is 0 Å². The molecule has 0 aromatic carbocycles. The van der Waals surface area contributed by atoms with Crippen molar-refractivity contribution in [2.24, 2.45) is 50.2 Å². The summed E-state index contributed by atoms with van der Waals surface area (Å²) in [4.78, 5) is 27.9. The van der Waals surface area contributed by atoms with Gasteiger partial charge in [0.2, 0.25) is 6.29 Å². The fourth-order valence-electron chi connectivity index (χ4n) is 16.1. The molecule has 4 saturated carbocycles. The van der Waals surface area contributed by atoms with Gasteiger partial charge in [-0.2, -0.15) is 0 Å². The number of esters is 2. The largest absolute Gasteiger partial charge is 0.467 e. The molecule has 428 valence electrons. The van der Waals surface area contributed by atoms with Crippen LogP contribution in [0.3, 0.4) is 0 Å². The molecule has 0 radical (unpaired) electrons. The Bertz CT molecular complexity index is 2140. The molecule has 0 aromatic rings. The zero-order chi connectivity index (χ0) is 54.9. The normalized spacial score (nSPS) is 53.3. The summed E-state index contributed by atoms with van der Waals surface area (Å²) in [5, 5.41) is 121. The zero-order valence-corrected chi connectivity index (χ0v) is 44.6. The minimum absolute atomic E-state index is 0.109. The van der Waals surface area contributed by atoms with Crippen LogP contribution in [0.4, 0.5) is 0 Å². The fraction of sp³-hybridized carbons (Fsp3) is 0.925. The molecule has 0 bridgehead atoms. The molecule has 26 atom stereocenters. The highest BCUT2D eigenvalue weighted by atomic mass is 16.8. The van der Waals surface area contributed by atoms with E-state index in [1.165, 1.54) is 6.92 Å². The number of rotatable bonds is 10. The van der Waals surface area contributed by atoms with Crippen molar-refractivity contribution < 1.29 is 108 Å². The van der Waals surface area contributed by atoms with E-state index in [0.29, 0.717) is 25.7 Å². The molecule has 8 fully saturated rings. The minimum atomic E-state index is -2.07. The molecule has 75 heavy (non-hydrogen) atoms. The maximum atomic E-state index is 15.3. The van der Waals surface area contributed by atoms with Crippen LogP contribution in [-0.2, 0) is 52.2 Å². The van der Waals surface area contributed by atoms with Crippen molar-refractivity contribution in [1.82, 2.24) is 0 Å². The van der Waals surface area contributed by atoms with Crippen molar-refractivity contribution in [1.29, 1.82) is 0 Å². The van der Waals surface area contributed by atoms with Crippen molar-refractivity contribution in [2.45, 2.75) is 229 Å². The van der Waals surface area contributed by atoms with Crippen LogP contribution in [-0.4, -0.2) is 211 Å². The molecule has 4 heterocycles. The summed E-state index contributed by atoms with van der Waals surface area (Å²) in [6, 6.07) is 0. The van der Waals surface area contributed by atoms with Gasteiger partial charge in [0.15, 0.2) is 31.1 Å². The lowest BCUT2D eigenvalue weighted by molar-refractivity contribution is -0.362. The van der Waals surface area contributed by atoms with Gasteiger partial charge in [-0.05, 0) is 110 Å². The van der Waals surface area contributed by atoms with Gasteiger partial charge in [0.1, 0.15) is 66.0 Å². The van der Waals surface area contributed by atoms with Gasteiger partial charge in [0.25, 0.3) is 0 Å². The second-order valence-electron chi connectivity index (χ2n) is 25.8. The second-order valence-corrected chi connectivity index (χ2v) is 25.8. The van der Waals surface area contributed by atoms with E-state index in [1.54, 1.807) is 0 Å². The van der Waals surface area contributed by atoms with Gasteiger partial charge in [-0.25, -0.2) is 4.79 Å². The monoisotopic (exact) mass is 1070 g/mol. The van der Waals surface area contributed by atoms with Gasteiger partial charge >= 0.3 is 11.9 Å². The van der Waals surface area contributed by atoms with E-state index in [4.69, 9.17) is 42.6 Å². The van der Waals surface area contributed by atoms with E-state index < -0.39 is 170 Å². The number of hydrogen-bond acceptors (Lipinski definition) is 22. The highest BCUT2D eigenvalue weighted by Crippen LogP contribution is 2.76. The van der Waals surface area contributed by atoms with E-state index >= 15 is 4.79 Å². The van der Waals surface area contributed by atoms with Gasteiger partial charge in [0.05, 0.1) is 45.2 Å². The van der Waals surface area contributed by atoms with E-state index in [2.05, 4.69) is 54.5 Å². The van der Waals surface area contributed by atoms with Crippen LogP contribution in [0.15, 0.2) is 11.6 Å². The molecular formula is C53H84O22. The lowest BCUT2D eigenvalue weighted by atomic mass is 9.33. The van der Waals surface area contributed by atoms with Crippen molar-refractivity contribution in [3.8, 4) is 0 Å². The van der Waals surface area contributed by atoms with Crippen LogP contribution < -0.4 is 0 Å². The van der Waals surface area contributed by atoms with Gasteiger partial charge in [0, 0.05) is 0 Å². The minimum Gasteiger partial charge on any atom is -0.467 e. The predicted molar refractivity (Wildman–Crippen MR) is 256 cm³/mol. The molecule has 0 spiro atoms. The number of carbonyl (C=O) groups excluding carboxylic acids is 2. The summed E-state index contributed by atoms with van der Waals surface area (Å²) in [5.41, 5.74) is -4.35. The van der Waals surface area contributed by atoms with Gasteiger partial charge in [-0.1, -0.05) is 60.1 Å². The number of methoxy groups -OCH3 is 1. The topological polar surface area (TPSA) is 340 Å². The molecule has 22 nitrogen and oxygen atoms in total. The predicted octanol–water partition coefficient (Wildman–Crippen LogP) is -0.576. The summed E-state index contributed by atoms with van der Waals surface area (Å²) in [7, 11) is 1.14. The lowest BCUT2D eigenvalue weighted by Gasteiger charge is -2.71. The highest BCUT2D eigenvalue weighted by Gasteiger charge is 2.72. The molecule has 0 aromatic heterocycles. The number of fused-ring (bicyclic) bond motifs is 7. The van der Waals surface area contributed by atoms with E-state index in [9.17, 15) is 61.0 Å². The number of hydrogen-bond donors (Lipinski definition) is 11. The fourth-order valence-corrected chi connectivity index (χ4v) is 16.1. The molecule has 4 saturated heterocycles. The number of allylic oxidation sites excluding steroid dienone is 2. The molecule has 26 unspecified atom stereocenters. The Balaban J connectivity index is 0.958. The van der Waals surface area contributed by atoms with Crippen LogP contribution in [0.2, 0.25) is 0 Å². The summed E-state index contributed by atoms with van der Waals surface area (Å²) < 4.78 is 52.4. The van der Waals surface area contributed by atoms with Crippen molar-refractivity contribution >= 4 is 11.9 Å². The first-order valence-corrected chi connectivity index (χ1v) is 26.9. The summed E-state index contributed by atoms with van der Waals surface area (Å²) in [6.07, 6.45) is -19.9. The molecule has 22 heteroatoms. The van der Waals surface area contributed by atoms with E-state index in [-0.39, 0.29) is 40.9 Å². The van der Waals surface area contributed by atoms with Crippen molar-refractivity contribution in [2.75, 3.05) is 26.9 Å². The lowest BCUT2D eigenvalue weighted by Crippen LogP contribution is -2.68. The molecule has 9 rings (SSSR count). The quantitative estimate of drug-likeness (QED) is 0.0741. The zero-order valence-electron chi connectivity index (χ0n) is 44.6. The number of ether oxygens (including phenoxy) is 9. The average Bonchev–Trinajstić information content (AvgIpc) is 3.63. The van der Waals surface area contributed by atoms with Gasteiger partial charge < -0.3 is 98.8 Å². The first kappa shape index (κ1) is 57.6. The molecule has 9 aliphatic rings. The maximum absolute atomic E-state index is 15.3. The Labute approximate surface area is 437 Å². The average molecular weight is 1070 g/mol. The second kappa shape index (κ2) is 20.2. The Morgan fingerprint density at radius 3 is 2.05 bits per heavy atom. The first-order chi connectivity index (χ1) is 35.0. The van der Waals surface area contributed by atoms with Gasteiger partial charge in [-0.3, -0.25) is 4.79 Å². The molecule has 11 N–H and O–H groups in total. The summed E-state index contributed by atoms with van der Waals surface area (Å²) in [6.45, 7) is 15.1. The maximum Gasteiger partial charge on any atom is 0.337 e. The Morgan fingerprint density at radius 2 is 1.39 bits per heavy atom. The van der Waals surface area contributed by atoms with Crippen LogP contribution in [0.5, 0.6) is 0 Å². The molecule has 0 amide bonds. The third-order valence-electron chi connectivity index (χ3n) is 20.9. The third kappa shape index (κ3) is 9.08. The Hall–Kier alpha value is -2.04. The van der Waals surface area contributed by atoms with Crippen molar-refractivity contribution in [3.05, 3.63) is 11.6 Å². The van der Waals surface area contributed by atoms with E-state index in [1.807, 2.05) is 0 Å². The number of carbonyl (C=O) groups is 2. The van der Waals surface area contributed by atoms with Crippen LogP contribution in [0, 0.1) is 50.2 Å². The SMILES string of the molecule is COC(=O)C1OC(OC2CCC3(C)C(CCC4(C)C3CC=C3C5CC(C)(C)CCC5(C(=O)OC5OCC(O)C(O)C5OC5OC(C)C(O)C(OC6OCC(O)(CO)C6O)C5O)C(O)CC34C)C2(C)C)C(O)C(O)C1O. The van der Waals surface area contributed by atoms with E-state index in [0.717, 1.165) is 31.9 Å². The third-order valence-corrected chi connectivity index (χ3v) is 20.9. The molecule has 5 aliphatic carbocycles. The molecule has 4 aliphatic heterocycles. The summed E-state index contributed by atoms with van der Waals surface area (Å²) in [5.74, 6) is -1.90.